The molecule has 0 aromatic carbocycles. The van der Waals surface area contributed by atoms with Crippen molar-refractivity contribution in [1.29, 1.82) is 0 Å². The Bertz CT molecular complexity index is 188. The highest BCUT2D eigenvalue weighted by molar-refractivity contribution is 4.73. The van der Waals surface area contributed by atoms with Crippen LogP contribution in [0.1, 0.15) is 19.8 Å². The minimum atomic E-state index is 0.391. The third kappa shape index (κ3) is 6.36. The number of hydrogen-bond acceptors (Lipinski definition) is 4. The van der Waals surface area contributed by atoms with Gasteiger partial charge in [-0.2, -0.15) is 0 Å². The molecule has 0 bridgehead atoms. The van der Waals surface area contributed by atoms with Crippen molar-refractivity contribution < 1.29 is 0 Å². The maximum absolute atomic E-state index is 5.96. The van der Waals surface area contributed by atoms with Gasteiger partial charge in [0.2, 0.25) is 0 Å². The van der Waals surface area contributed by atoms with Crippen LogP contribution in [-0.2, 0) is 0 Å². The summed E-state index contributed by atoms with van der Waals surface area (Å²) >= 11 is 0. The minimum Gasteiger partial charge on any atom is -0.328 e. The molecule has 0 aromatic heterocycles. The summed E-state index contributed by atoms with van der Waals surface area (Å²) in [5.41, 5.74) is 5.96. The molecule has 102 valence electrons. The highest BCUT2D eigenvalue weighted by Gasteiger charge is 2.16. The zero-order valence-electron chi connectivity index (χ0n) is 11.9. The number of hydrogen-bond donors (Lipinski definition) is 1. The molecular weight excluding hydrogens is 212 g/mol. The summed E-state index contributed by atoms with van der Waals surface area (Å²) < 4.78 is 0. The van der Waals surface area contributed by atoms with Gasteiger partial charge in [-0.1, -0.05) is 6.92 Å². The van der Waals surface area contributed by atoms with Crippen molar-refractivity contribution in [3.05, 3.63) is 0 Å². The van der Waals surface area contributed by atoms with Gasteiger partial charge in [-0.05, 0) is 33.5 Å². The summed E-state index contributed by atoms with van der Waals surface area (Å²) in [7, 11) is 4.28. The second kappa shape index (κ2) is 8.03. The van der Waals surface area contributed by atoms with Crippen molar-refractivity contribution in [2.75, 3.05) is 59.9 Å². The second-order valence-electron chi connectivity index (χ2n) is 5.44. The first-order valence-electron chi connectivity index (χ1n) is 6.96. The van der Waals surface area contributed by atoms with E-state index in [4.69, 9.17) is 5.73 Å². The molecule has 1 aliphatic heterocycles. The number of nitrogens with zero attached hydrogens (tertiary/aromatic N) is 3. The highest BCUT2D eigenvalue weighted by Crippen LogP contribution is 2.04. The Hall–Kier alpha value is -0.160. The predicted octanol–water partition coefficient (Wildman–Crippen LogP) is 0.293. The van der Waals surface area contributed by atoms with E-state index >= 15 is 0 Å². The average Bonchev–Trinajstić information content (AvgIpc) is 2.34. The largest absolute Gasteiger partial charge is 0.328 e. The molecule has 0 amide bonds. The maximum atomic E-state index is 5.96. The van der Waals surface area contributed by atoms with Gasteiger partial charge in [0.25, 0.3) is 0 Å². The summed E-state index contributed by atoms with van der Waals surface area (Å²) in [6.45, 7) is 10.6. The van der Waals surface area contributed by atoms with Crippen LogP contribution in [0, 0.1) is 0 Å². The maximum Gasteiger partial charge on any atom is 0.0110 e. The Labute approximate surface area is 107 Å². The molecule has 1 aliphatic rings. The molecular formula is C13H30N4. The molecule has 17 heavy (non-hydrogen) atoms. The van der Waals surface area contributed by atoms with E-state index in [-0.39, 0.29) is 0 Å². The monoisotopic (exact) mass is 242 g/mol. The normalized spacial score (nSPS) is 21.0. The van der Waals surface area contributed by atoms with E-state index in [1.807, 2.05) is 0 Å². The van der Waals surface area contributed by atoms with Crippen LogP contribution in [0.5, 0.6) is 0 Å². The molecule has 0 spiro atoms. The van der Waals surface area contributed by atoms with Crippen LogP contribution in [0.2, 0.25) is 0 Å². The average molecular weight is 242 g/mol. The quantitative estimate of drug-likeness (QED) is 0.696. The zero-order chi connectivity index (χ0) is 12.7. The lowest BCUT2D eigenvalue weighted by atomic mass is 10.1. The Morgan fingerprint density at radius 3 is 2.06 bits per heavy atom. The molecule has 0 aromatic rings. The number of likely N-dealkylation sites (N-methyl/N-ethyl adjacent to an activating group) is 1. The first-order chi connectivity index (χ1) is 8.11. The van der Waals surface area contributed by atoms with Gasteiger partial charge in [-0.3, -0.25) is 4.90 Å². The Morgan fingerprint density at radius 1 is 1.06 bits per heavy atom. The van der Waals surface area contributed by atoms with Crippen molar-refractivity contribution >= 4 is 0 Å². The molecule has 4 nitrogen and oxygen atoms in total. The molecule has 0 saturated carbocycles. The molecule has 1 unspecified atom stereocenters. The lowest BCUT2D eigenvalue weighted by molar-refractivity contribution is 0.123. The summed E-state index contributed by atoms with van der Waals surface area (Å²) in [5.74, 6) is 0. The van der Waals surface area contributed by atoms with Gasteiger partial charge in [-0.25, -0.2) is 0 Å². The summed E-state index contributed by atoms with van der Waals surface area (Å²) in [5, 5.41) is 0. The van der Waals surface area contributed by atoms with Crippen LogP contribution in [0.15, 0.2) is 0 Å². The van der Waals surface area contributed by atoms with Crippen molar-refractivity contribution in [2.24, 2.45) is 5.73 Å². The number of nitrogens with two attached hydrogens (primary N) is 1. The summed E-state index contributed by atoms with van der Waals surface area (Å²) in [6.07, 6.45) is 2.25. The molecule has 4 heteroatoms. The van der Waals surface area contributed by atoms with Gasteiger partial charge >= 0.3 is 0 Å². The van der Waals surface area contributed by atoms with E-state index in [1.54, 1.807) is 0 Å². The van der Waals surface area contributed by atoms with Crippen LogP contribution in [0.4, 0.5) is 0 Å². The second-order valence-corrected chi connectivity index (χ2v) is 5.44. The SMILES string of the molecule is CCC(N)CCN1CCN(CCN(C)C)CC1. The van der Waals surface area contributed by atoms with Crippen LogP contribution in [-0.4, -0.2) is 80.7 Å². The minimum absolute atomic E-state index is 0.391. The van der Waals surface area contributed by atoms with Gasteiger partial charge in [-0.15, -0.1) is 0 Å². The van der Waals surface area contributed by atoms with Crippen molar-refractivity contribution in [3.63, 3.8) is 0 Å². The Morgan fingerprint density at radius 2 is 1.59 bits per heavy atom. The Balaban J connectivity index is 2.09. The van der Waals surface area contributed by atoms with Gasteiger partial charge < -0.3 is 15.5 Å². The molecule has 1 atom stereocenters. The standard InChI is InChI=1S/C13H30N4/c1-4-13(14)5-6-16-9-11-17(12-10-16)8-7-15(2)3/h13H,4-12,14H2,1-3H3. The third-order valence-corrected chi connectivity index (χ3v) is 3.67. The van der Waals surface area contributed by atoms with Crippen LogP contribution in [0.25, 0.3) is 0 Å². The van der Waals surface area contributed by atoms with Crippen LogP contribution < -0.4 is 5.73 Å². The van der Waals surface area contributed by atoms with Gasteiger partial charge in [0.15, 0.2) is 0 Å². The molecule has 1 rings (SSSR count). The molecule has 0 aliphatic carbocycles. The summed E-state index contributed by atoms with van der Waals surface area (Å²) in [6, 6.07) is 0.391. The third-order valence-electron chi connectivity index (χ3n) is 3.67. The topological polar surface area (TPSA) is 35.7 Å². The predicted molar refractivity (Wildman–Crippen MR) is 74.3 cm³/mol. The van der Waals surface area contributed by atoms with Crippen molar-refractivity contribution in [1.82, 2.24) is 14.7 Å². The van der Waals surface area contributed by atoms with Gasteiger partial charge in [0, 0.05) is 45.3 Å². The van der Waals surface area contributed by atoms with E-state index < -0.39 is 0 Å². The van der Waals surface area contributed by atoms with E-state index in [1.165, 1.54) is 45.8 Å². The first kappa shape index (κ1) is 14.9. The molecule has 1 heterocycles. The van der Waals surface area contributed by atoms with Gasteiger partial charge in [0.1, 0.15) is 0 Å². The Kier molecular flexibility index (Phi) is 7.04. The smallest absolute Gasteiger partial charge is 0.0110 e. The van der Waals surface area contributed by atoms with Gasteiger partial charge in [0.05, 0.1) is 0 Å². The molecule has 2 N–H and O–H groups in total. The van der Waals surface area contributed by atoms with Crippen LogP contribution >= 0.6 is 0 Å². The van der Waals surface area contributed by atoms with Crippen LogP contribution in [0.3, 0.4) is 0 Å². The first-order valence-corrected chi connectivity index (χ1v) is 6.96. The van der Waals surface area contributed by atoms with E-state index in [2.05, 4.69) is 35.7 Å². The lowest BCUT2D eigenvalue weighted by Crippen LogP contribution is -2.48. The fourth-order valence-corrected chi connectivity index (χ4v) is 2.13. The number of rotatable bonds is 7. The molecule has 1 fully saturated rings. The highest BCUT2D eigenvalue weighted by atomic mass is 15.3. The number of piperazine rings is 1. The summed E-state index contributed by atoms with van der Waals surface area (Å²) in [4.78, 5) is 7.38. The van der Waals surface area contributed by atoms with E-state index in [9.17, 15) is 0 Å². The molecule has 0 radical (unpaired) electrons. The van der Waals surface area contributed by atoms with E-state index in [0.717, 1.165) is 12.8 Å². The van der Waals surface area contributed by atoms with Crippen molar-refractivity contribution in [3.8, 4) is 0 Å². The lowest BCUT2D eigenvalue weighted by Gasteiger charge is -2.35. The fraction of sp³-hybridized carbons (Fsp3) is 1.00. The van der Waals surface area contributed by atoms with Crippen molar-refractivity contribution in [2.45, 2.75) is 25.8 Å². The van der Waals surface area contributed by atoms with E-state index in [0.29, 0.717) is 6.04 Å². The fourth-order valence-electron chi connectivity index (χ4n) is 2.13. The molecule has 1 saturated heterocycles. The zero-order valence-corrected chi connectivity index (χ0v) is 11.9.